The van der Waals surface area contributed by atoms with Crippen LogP contribution in [0.15, 0.2) is 17.4 Å². The second kappa shape index (κ2) is 3.05. The van der Waals surface area contributed by atoms with Crippen molar-refractivity contribution in [2.45, 2.75) is 13.3 Å². The van der Waals surface area contributed by atoms with Crippen molar-refractivity contribution in [1.82, 2.24) is 4.98 Å². The van der Waals surface area contributed by atoms with Gasteiger partial charge in [-0.3, -0.25) is 4.98 Å². The SMILES string of the molecule is Cc1cnc2c(c1)OCC/C2=N/N. The first-order chi connectivity index (χ1) is 6.31. The number of hydrazone groups is 1. The van der Waals surface area contributed by atoms with E-state index in [-0.39, 0.29) is 0 Å². The van der Waals surface area contributed by atoms with Crippen LogP contribution in [0.25, 0.3) is 0 Å². The van der Waals surface area contributed by atoms with E-state index in [4.69, 9.17) is 10.6 Å². The summed E-state index contributed by atoms with van der Waals surface area (Å²) in [5.41, 5.74) is 2.68. The van der Waals surface area contributed by atoms with Crippen LogP contribution >= 0.6 is 0 Å². The summed E-state index contributed by atoms with van der Waals surface area (Å²) in [6.07, 6.45) is 2.53. The molecule has 0 radical (unpaired) electrons. The Morgan fingerprint density at radius 2 is 2.46 bits per heavy atom. The van der Waals surface area contributed by atoms with E-state index in [1.165, 1.54) is 0 Å². The first-order valence-electron chi connectivity index (χ1n) is 4.18. The minimum absolute atomic E-state index is 0.633. The van der Waals surface area contributed by atoms with Crippen molar-refractivity contribution >= 4 is 5.71 Å². The lowest BCUT2D eigenvalue weighted by Gasteiger charge is -2.17. The molecule has 0 saturated heterocycles. The highest BCUT2D eigenvalue weighted by atomic mass is 16.5. The zero-order valence-electron chi connectivity index (χ0n) is 7.45. The third-order valence-electron chi connectivity index (χ3n) is 2.02. The van der Waals surface area contributed by atoms with Crippen LogP contribution in [0.3, 0.4) is 0 Å². The molecule has 0 fully saturated rings. The van der Waals surface area contributed by atoms with E-state index in [2.05, 4.69) is 10.1 Å². The number of ether oxygens (including phenoxy) is 1. The van der Waals surface area contributed by atoms with Crippen LogP contribution in [0.4, 0.5) is 0 Å². The van der Waals surface area contributed by atoms with E-state index < -0.39 is 0 Å². The van der Waals surface area contributed by atoms with Crippen LogP contribution in [0.2, 0.25) is 0 Å². The van der Waals surface area contributed by atoms with Crippen molar-refractivity contribution in [3.8, 4) is 5.75 Å². The van der Waals surface area contributed by atoms with Gasteiger partial charge >= 0.3 is 0 Å². The second-order valence-electron chi connectivity index (χ2n) is 3.03. The first-order valence-corrected chi connectivity index (χ1v) is 4.18. The maximum absolute atomic E-state index is 5.44. The highest BCUT2D eigenvalue weighted by Crippen LogP contribution is 2.23. The van der Waals surface area contributed by atoms with E-state index in [9.17, 15) is 0 Å². The topological polar surface area (TPSA) is 60.5 Å². The standard InChI is InChI=1S/C9H11N3O/c1-6-4-8-9(11-5-6)7(12-10)2-3-13-8/h4-5H,2-3,10H2,1H3/b12-7-. The summed E-state index contributed by atoms with van der Waals surface area (Å²) in [4.78, 5) is 4.24. The van der Waals surface area contributed by atoms with Gasteiger partial charge in [-0.25, -0.2) is 0 Å². The van der Waals surface area contributed by atoms with Crippen LogP contribution in [0, 0.1) is 6.92 Å². The fourth-order valence-corrected chi connectivity index (χ4v) is 1.37. The van der Waals surface area contributed by atoms with E-state index in [0.717, 1.165) is 29.1 Å². The number of rotatable bonds is 0. The Hall–Kier alpha value is -1.58. The Morgan fingerprint density at radius 3 is 3.23 bits per heavy atom. The predicted octanol–water partition coefficient (Wildman–Crippen LogP) is 0.835. The molecular weight excluding hydrogens is 166 g/mol. The molecule has 0 amide bonds. The molecule has 1 aromatic rings. The number of hydrogen-bond donors (Lipinski definition) is 1. The lowest BCUT2D eigenvalue weighted by Crippen LogP contribution is -2.19. The normalized spacial score (nSPS) is 18.1. The van der Waals surface area contributed by atoms with E-state index >= 15 is 0 Å². The molecule has 0 spiro atoms. The average molecular weight is 177 g/mol. The zero-order chi connectivity index (χ0) is 9.26. The van der Waals surface area contributed by atoms with Crippen molar-refractivity contribution in [3.63, 3.8) is 0 Å². The Labute approximate surface area is 76.4 Å². The van der Waals surface area contributed by atoms with Gasteiger partial charge in [-0.2, -0.15) is 5.10 Å². The molecule has 0 atom stereocenters. The van der Waals surface area contributed by atoms with E-state index in [1.807, 2.05) is 13.0 Å². The van der Waals surface area contributed by atoms with Crippen LogP contribution in [0.1, 0.15) is 17.7 Å². The molecule has 0 aliphatic carbocycles. The van der Waals surface area contributed by atoms with Crippen molar-refractivity contribution in [2.75, 3.05) is 6.61 Å². The first kappa shape index (κ1) is 8.04. The van der Waals surface area contributed by atoms with Crippen molar-refractivity contribution in [1.29, 1.82) is 0 Å². The number of aryl methyl sites for hydroxylation is 1. The summed E-state index contributed by atoms with van der Waals surface area (Å²) in [5, 5.41) is 3.69. The molecular formula is C9H11N3O. The molecule has 1 aliphatic rings. The molecule has 0 bridgehead atoms. The maximum atomic E-state index is 5.44. The van der Waals surface area contributed by atoms with Gasteiger partial charge in [0, 0.05) is 12.6 Å². The number of hydrogen-bond acceptors (Lipinski definition) is 4. The summed E-state index contributed by atoms with van der Waals surface area (Å²) in [6.45, 7) is 2.61. The van der Waals surface area contributed by atoms with Gasteiger partial charge < -0.3 is 10.6 Å². The summed E-state index contributed by atoms with van der Waals surface area (Å²) >= 11 is 0. The largest absolute Gasteiger partial charge is 0.491 e. The van der Waals surface area contributed by atoms with Gasteiger partial charge in [0.1, 0.15) is 11.4 Å². The fourth-order valence-electron chi connectivity index (χ4n) is 1.37. The van der Waals surface area contributed by atoms with Gasteiger partial charge in [0.15, 0.2) is 0 Å². The molecule has 2 heterocycles. The Balaban J connectivity index is 2.52. The van der Waals surface area contributed by atoms with Crippen LogP contribution in [0.5, 0.6) is 5.75 Å². The lowest BCUT2D eigenvalue weighted by atomic mass is 10.1. The zero-order valence-corrected chi connectivity index (χ0v) is 7.45. The smallest absolute Gasteiger partial charge is 0.147 e. The highest BCUT2D eigenvalue weighted by Gasteiger charge is 2.17. The number of fused-ring (bicyclic) bond motifs is 1. The minimum Gasteiger partial charge on any atom is -0.491 e. The Kier molecular flexibility index (Phi) is 1.88. The summed E-state index contributed by atoms with van der Waals surface area (Å²) in [5.74, 6) is 6.04. The quantitative estimate of drug-likeness (QED) is 0.471. The molecule has 0 unspecified atom stereocenters. The highest BCUT2D eigenvalue weighted by molar-refractivity contribution is 6.01. The number of pyridine rings is 1. The van der Waals surface area contributed by atoms with Gasteiger partial charge in [-0.05, 0) is 18.6 Å². The van der Waals surface area contributed by atoms with Gasteiger partial charge in [-0.15, -0.1) is 0 Å². The average Bonchev–Trinajstić information content (AvgIpc) is 2.16. The van der Waals surface area contributed by atoms with Gasteiger partial charge in [0.05, 0.1) is 12.3 Å². The molecule has 1 aliphatic heterocycles. The summed E-state index contributed by atoms with van der Waals surface area (Å²) in [6, 6.07) is 1.95. The molecule has 0 aromatic carbocycles. The third-order valence-corrected chi connectivity index (χ3v) is 2.02. The lowest BCUT2D eigenvalue weighted by molar-refractivity contribution is 0.318. The van der Waals surface area contributed by atoms with Gasteiger partial charge in [0.2, 0.25) is 0 Å². The molecule has 0 saturated carbocycles. The predicted molar refractivity (Wildman–Crippen MR) is 49.8 cm³/mol. The van der Waals surface area contributed by atoms with Crippen molar-refractivity contribution < 1.29 is 4.74 Å². The molecule has 1 aromatic heterocycles. The number of nitrogens with two attached hydrogens (primary N) is 1. The summed E-state index contributed by atoms with van der Waals surface area (Å²) < 4.78 is 5.44. The Morgan fingerprint density at radius 1 is 1.62 bits per heavy atom. The minimum atomic E-state index is 0.633. The maximum Gasteiger partial charge on any atom is 0.147 e. The second-order valence-corrected chi connectivity index (χ2v) is 3.03. The molecule has 68 valence electrons. The van der Waals surface area contributed by atoms with Crippen molar-refractivity contribution in [2.24, 2.45) is 10.9 Å². The van der Waals surface area contributed by atoms with E-state index in [0.29, 0.717) is 6.61 Å². The van der Waals surface area contributed by atoms with Gasteiger partial charge in [0.25, 0.3) is 0 Å². The monoisotopic (exact) mass is 177 g/mol. The number of aromatic nitrogens is 1. The number of nitrogens with zero attached hydrogens (tertiary/aromatic N) is 2. The molecule has 4 nitrogen and oxygen atoms in total. The van der Waals surface area contributed by atoms with Gasteiger partial charge in [-0.1, -0.05) is 0 Å². The van der Waals surface area contributed by atoms with Crippen LogP contribution in [-0.2, 0) is 0 Å². The molecule has 2 N–H and O–H groups in total. The van der Waals surface area contributed by atoms with E-state index in [1.54, 1.807) is 6.20 Å². The van der Waals surface area contributed by atoms with Crippen LogP contribution < -0.4 is 10.6 Å². The van der Waals surface area contributed by atoms with Crippen LogP contribution in [-0.4, -0.2) is 17.3 Å². The Bertz CT molecular complexity index is 360. The fraction of sp³-hybridized carbons (Fsp3) is 0.333. The van der Waals surface area contributed by atoms with Crippen molar-refractivity contribution in [3.05, 3.63) is 23.5 Å². The molecule has 13 heavy (non-hydrogen) atoms. The third kappa shape index (κ3) is 1.35. The summed E-state index contributed by atoms with van der Waals surface area (Å²) in [7, 11) is 0. The molecule has 4 heteroatoms. The molecule has 2 rings (SSSR count).